The number of para-hydroxylation sites is 3. The van der Waals surface area contributed by atoms with E-state index >= 15 is 0 Å². The predicted octanol–water partition coefficient (Wildman–Crippen LogP) is 9.34. The van der Waals surface area contributed by atoms with Crippen LogP contribution < -0.4 is 28.9 Å². The summed E-state index contributed by atoms with van der Waals surface area (Å²) < 4.78 is 105. The van der Waals surface area contributed by atoms with Crippen LogP contribution in [0.1, 0.15) is 102 Å². The summed E-state index contributed by atoms with van der Waals surface area (Å²) in [7, 11) is -4.33. The Hall–Kier alpha value is -5.71. The lowest BCUT2D eigenvalue weighted by Gasteiger charge is -2.22. The van der Waals surface area contributed by atoms with Crippen LogP contribution in [0.15, 0.2) is 142 Å². The molecule has 3 aliphatic rings. The zero-order valence-corrected chi connectivity index (χ0v) is 50.3. The first-order chi connectivity index (χ1) is 38.2. The number of hydrogen-bond acceptors (Lipinski definition) is 13. The monoisotopic (exact) mass is 1150 g/mol. The van der Waals surface area contributed by atoms with Gasteiger partial charge in [-0.05, 0) is 154 Å². The van der Waals surface area contributed by atoms with Gasteiger partial charge in [-0.1, -0.05) is 91.0 Å². The number of sulfonamides is 3. The molecule has 3 atom stereocenters. The first kappa shape index (κ1) is 61.9. The minimum absolute atomic E-state index is 0.178. The Bertz CT molecular complexity index is 3400. The molecule has 3 unspecified atom stereocenters. The van der Waals surface area contributed by atoms with E-state index in [4.69, 9.17) is 18.9 Å². The number of fused-ring (bicyclic) bond motifs is 6. The summed E-state index contributed by atoms with van der Waals surface area (Å²) in [4.78, 5) is 1.09. The van der Waals surface area contributed by atoms with Crippen molar-refractivity contribution in [3.63, 3.8) is 0 Å². The minimum atomic E-state index is -3.62. The van der Waals surface area contributed by atoms with Crippen molar-refractivity contribution in [2.45, 2.75) is 93.3 Å². The third-order valence-electron chi connectivity index (χ3n) is 14.3. The van der Waals surface area contributed by atoms with Crippen LogP contribution in [0.5, 0.6) is 0 Å². The molecular weight excluding hydrogens is 1070 g/mol. The molecule has 9 rings (SSSR count). The van der Waals surface area contributed by atoms with Crippen molar-refractivity contribution >= 4 is 47.1 Å². The molecule has 16 nitrogen and oxygen atoms in total. The Morgan fingerprint density at radius 2 is 0.812 bits per heavy atom. The average Bonchev–Trinajstić information content (AvgIpc) is 3.74. The van der Waals surface area contributed by atoms with Gasteiger partial charge in [-0.15, -0.1) is 0 Å². The van der Waals surface area contributed by atoms with Gasteiger partial charge in [-0.3, -0.25) is 12.9 Å². The second kappa shape index (κ2) is 27.8. The molecular formula is C61H80N6O10S3. The summed E-state index contributed by atoms with van der Waals surface area (Å²) >= 11 is 0. The molecule has 3 heterocycles. The van der Waals surface area contributed by atoms with E-state index in [0.717, 1.165) is 76.0 Å². The Kier molecular flexibility index (Phi) is 21.5. The smallest absolute Gasteiger partial charge is 0.264 e. The predicted molar refractivity (Wildman–Crippen MR) is 319 cm³/mol. The molecule has 0 amide bonds. The van der Waals surface area contributed by atoms with Gasteiger partial charge in [0.25, 0.3) is 30.1 Å². The van der Waals surface area contributed by atoms with Crippen LogP contribution in [0.25, 0.3) is 0 Å². The van der Waals surface area contributed by atoms with Crippen LogP contribution in [0.4, 0.5) is 17.1 Å². The van der Waals surface area contributed by atoms with Crippen LogP contribution in [0, 0.1) is 20.8 Å². The van der Waals surface area contributed by atoms with E-state index in [-0.39, 0.29) is 24.2 Å². The number of nitrogens with zero attached hydrogens (tertiary/aromatic N) is 3. The van der Waals surface area contributed by atoms with Crippen molar-refractivity contribution in [3.8, 4) is 0 Å². The van der Waals surface area contributed by atoms with Gasteiger partial charge >= 0.3 is 0 Å². The maximum Gasteiger partial charge on any atom is 0.264 e. The van der Waals surface area contributed by atoms with Crippen LogP contribution in [-0.2, 0) is 49.0 Å². The van der Waals surface area contributed by atoms with E-state index in [2.05, 4.69) is 16.0 Å². The third-order valence-corrected chi connectivity index (χ3v) is 19.8. The van der Waals surface area contributed by atoms with Gasteiger partial charge in [0.1, 0.15) is 0 Å². The number of nitrogens with one attached hydrogen (secondary N) is 3. The normalized spacial score (nSPS) is 18.0. The van der Waals surface area contributed by atoms with E-state index in [1.54, 1.807) is 46.5 Å². The highest BCUT2D eigenvalue weighted by Crippen LogP contribution is 2.43. The van der Waals surface area contributed by atoms with Crippen LogP contribution >= 0.6 is 0 Å². The van der Waals surface area contributed by atoms with Gasteiger partial charge in [0.05, 0.1) is 75.8 Å². The molecule has 80 heavy (non-hydrogen) atoms. The summed E-state index contributed by atoms with van der Waals surface area (Å²) in [6.45, 7) is 17.5. The molecule has 0 aliphatic carbocycles. The highest BCUT2D eigenvalue weighted by molar-refractivity contribution is 7.93. The standard InChI is InChI=1S/C21H28N2O3S.C20H26N2O4S.C20H26N2O3S/c1-15(2)26-13-7-12-22-21-17-8-5-6-9-19(17)23(4)27(24,25)20-14-16(3)10-11-18(20)21;1-15-8-9-17-19(14-15)27(23,24)22(2)18-7-5-4-6-16(18)20(17)21-10-11-26-13-12-25-3;1-4-25-13-7-12-21-20-16-8-5-6-9-18(16)22(3)26(23,24)19-14-15(2)10-11-17(19)20/h5-6,8-11,14-15,21-22H,7,12-13H2,1-4H3;4-9,14,20-21H,10-13H2,1-3H3;5-6,8-11,14,20-21H,4,7,12-13H2,1-3H3. The fourth-order valence-electron chi connectivity index (χ4n) is 10.1. The number of rotatable bonds is 19. The summed E-state index contributed by atoms with van der Waals surface area (Å²) in [5, 5.41) is 10.6. The van der Waals surface area contributed by atoms with Crippen molar-refractivity contribution < 1.29 is 44.2 Å². The maximum atomic E-state index is 13.2. The molecule has 0 fully saturated rings. The minimum Gasteiger partial charge on any atom is -0.382 e. The first-order valence-electron chi connectivity index (χ1n) is 27.3. The SMILES string of the molecule is CCOCCCNC1c2ccccc2N(C)S(=O)(=O)c2cc(C)ccc21.COCCOCCNC1c2ccccc2N(C)S(=O)(=O)c2cc(C)ccc21.Cc1ccc2c(c1)S(=O)(=O)N(C)c1ccccc1C2NCCCOC(C)C. The number of ether oxygens (including phenoxy) is 4. The Labute approximate surface area is 476 Å². The van der Waals surface area contributed by atoms with Gasteiger partial charge in [-0.2, -0.15) is 0 Å². The van der Waals surface area contributed by atoms with E-state index in [0.29, 0.717) is 77.9 Å². The Morgan fingerprint density at radius 3 is 1.18 bits per heavy atom. The van der Waals surface area contributed by atoms with Crippen molar-refractivity contribution in [2.75, 3.05) is 100 Å². The van der Waals surface area contributed by atoms with Crippen molar-refractivity contribution in [1.29, 1.82) is 0 Å². The maximum absolute atomic E-state index is 13.2. The van der Waals surface area contributed by atoms with Gasteiger partial charge in [0.2, 0.25) is 0 Å². The lowest BCUT2D eigenvalue weighted by atomic mass is 9.96. The molecule has 6 aromatic carbocycles. The summed E-state index contributed by atoms with van der Waals surface area (Å²) in [5.41, 5.74) is 10.1. The molecule has 0 saturated heterocycles. The average molecular weight is 1150 g/mol. The van der Waals surface area contributed by atoms with E-state index < -0.39 is 30.1 Å². The van der Waals surface area contributed by atoms with E-state index in [1.807, 2.05) is 151 Å². The molecule has 0 spiro atoms. The topological polar surface area (TPSA) is 185 Å². The van der Waals surface area contributed by atoms with Crippen molar-refractivity contribution in [2.24, 2.45) is 0 Å². The molecule has 19 heteroatoms. The number of hydrogen-bond donors (Lipinski definition) is 3. The largest absolute Gasteiger partial charge is 0.382 e. The summed E-state index contributed by atoms with van der Waals surface area (Å²) in [5.74, 6) is 0. The number of benzene rings is 6. The molecule has 3 aliphatic heterocycles. The lowest BCUT2D eigenvalue weighted by Crippen LogP contribution is -2.27. The lowest BCUT2D eigenvalue weighted by molar-refractivity contribution is 0.0714. The third kappa shape index (κ3) is 14.1. The highest BCUT2D eigenvalue weighted by Gasteiger charge is 2.37. The zero-order chi connectivity index (χ0) is 57.8. The van der Waals surface area contributed by atoms with E-state index in [9.17, 15) is 25.3 Å². The zero-order valence-electron chi connectivity index (χ0n) is 47.9. The van der Waals surface area contributed by atoms with Crippen LogP contribution in [0.2, 0.25) is 0 Å². The molecule has 0 bridgehead atoms. The summed E-state index contributed by atoms with van der Waals surface area (Å²) in [6.07, 6.45) is 1.95. The van der Waals surface area contributed by atoms with Gasteiger partial charge < -0.3 is 34.9 Å². The number of anilines is 3. The summed E-state index contributed by atoms with van der Waals surface area (Å²) in [6, 6.07) is 39.3. The molecule has 0 radical (unpaired) electrons. The number of methoxy groups -OCH3 is 1. The van der Waals surface area contributed by atoms with Gasteiger partial charge in [-0.25, -0.2) is 25.3 Å². The second-order valence-corrected chi connectivity index (χ2v) is 26.1. The molecule has 432 valence electrons. The molecule has 3 N–H and O–H groups in total. The van der Waals surface area contributed by atoms with Crippen LogP contribution in [-0.4, -0.2) is 119 Å². The molecule has 0 aromatic heterocycles. The molecule has 0 saturated carbocycles. The Morgan fingerprint density at radius 1 is 0.450 bits per heavy atom. The van der Waals surface area contributed by atoms with Crippen molar-refractivity contribution in [1.82, 2.24) is 16.0 Å². The second-order valence-electron chi connectivity index (χ2n) is 20.3. The number of aryl methyl sites for hydroxylation is 3. The van der Waals surface area contributed by atoms with Gasteiger partial charge in [0, 0.05) is 54.6 Å². The fraction of sp³-hybridized carbons (Fsp3) is 0.410. The van der Waals surface area contributed by atoms with Crippen LogP contribution in [0.3, 0.4) is 0 Å². The molecule has 6 aromatic rings. The van der Waals surface area contributed by atoms with Gasteiger partial charge in [0.15, 0.2) is 0 Å². The quantitative estimate of drug-likeness (QED) is 0.0653. The Balaban J connectivity index is 0.000000173. The fourth-order valence-corrected chi connectivity index (χ4v) is 14.7. The first-order valence-corrected chi connectivity index (χ1v) is 31.6. The van der Waals surface area contributed by atoms with E-state index in [1.165, 1.54) is 12.9 Å². The van der Waals surface area contributed by atoms with Crippen molar-refractivity contribution in [3.05, 3.63) is 177 Å². The highest BCUT2D eigenvalue weighted by atomic mass is 32.2.